The molecule has 100 valence electrons. The Kier molecular flexibility index (Phi) is 3.49. The van der Waals surface area contributed by atoms with E-state index in [1.54, 1.807) is 0 Å². The minimum Gasteiger partial charge on any atom is -0.377 e. The predicted octanol–water partition coefficient (Wildman–Crippen LogP) is 1.46. The van der Waals surface area contributed by atoms with Crippen LogP contribution < -0.4 is 0 Å². The minimum atomic E-state index is -1.18. The molecule has 1 aliphatic rings. The SMILES string of the molecule is CN(Cc1cc(F)ccc1F)C(=O)C1(C#N)COC1. The van der Waals surface area contributed by atoms with Crippen LogP contribution in [-0.2, 0) is 16.1 Å². The third-order valence-electron chi connectivity index (χ3n) is 3.08. The maximum Gasteiger partial charge on any atom is 0.247 e. The minimum absolute atomic E-state index is 0.0400. The van der Waals surface area contributed by atoms with E-state index in [1.807, 2.05) is 6.07 Å². The predicted molar refractivity (Wildman–Crippen MR) is 61.7 cm³/mol. The number of rotatable bonds is 3. The summed E-state index contributed by atoms with van der Waals surface area (Å²) in [5.41, 5.74) is -1.11. The van der Waals surface area contributed by atoms with Crippen molar-refractivity contribution in [2.75, 3.05) is 20.3 Å². The molecule has 4 nitrogen and oxygen atoms in total. The first-order valence-electron chi connectivity index (χ1n) is 5.67. The first-order chi connectivity index (χ1) is 8.98. The summed E-state index contributed by atoms with van der Waals surface area (Å²) in [5.74, 6) is -1.60. The zero-order valence-electron chi connectivity index (χ0n) is 10.3. The van der Waals surface area contributed by atoms with Gasteiger partial charge < -0.3 is 9.64 Å². The van der Waals surface area contributed by atoms with Crippen LogP contribution in [-0.4, -0.2) is 31.1 Å². The number of nitriles is 1. The Morgan fingerprint density at radius 3 is 2.74 bits per heavy atom. The maximum atomic E-state index is 13.5. The molecule has 0 N–H and O–H groups in total. The fourth-order valence-corrected chi connectivity index (χ4v) is 1.90. The maximum absolute atomic E-state index is 13.5. The molecular weight excluding hydrogens is 254 g/mol. The molecule has 1 aromatic carbocycles. The van der Waals surface area contributed by atoms with Crippen molar-refractivity contribution in [3.05, 3.63) is 35.4 Å². The molecule has 19 heavy (non-hydrogen) atoms. The normalized spacial score (nSPS) is 16.3. The molecule has 1 amide bonds. The van der Waals surface area contributed by atoms with Gasteiger partial charge in [0, 0.05) is 19.2 Å². The summed E-state index contributed by atoms with van der Waals surface area (Å²) in [6.07, 6.45) is 0. The van der Waals surface area contributed by atoms with Gasteiger partial charge in [-0.25, -0.2) is 8.78 Å². The molecule has 1 aliphatic heterocycles. The molecule has 1 heterocycles. The van der Waals surface area contributed by atoms with E-state index in [9.17, 15) is 13.6 Å². The summed E-state index contributed by atoms with van der Waals surface area (Å²) in [7, 11) is 1.45. The van der Waals surface area contributed by atoms with Gasteiger partial charge in [-0.2, -0.15) is 5.26 Å². The molecule has 0 saturated carbocycles. The van der Waals surface area contributed by atoms with Gasteiger partial charge in [-0.1, -0.05) is 0 Å². The number of benzene rings is 1. The Balaban J connectivity index is 2.13. The molecule has 6 heteroatoms. The Morgan fingerprint density at radius 2 is 2.21 bits per heavy atom. The summed E-state index contributed by atoms with van der Waals surface area (Å²) < 4.78 is 31.4. The largest absolute Gasteiger partial charge is 0.377 e. The number of hydrogen-bond donors (Lipinski definition) is 0. The van der Waals surface area contributed by atoms with E-state index in [0.29, 0.717) is 0 Å². The van der Waals surface area contributed by atoms with Crippen molar-refractivity contribution in [2.24, 2.45) is 5.41 Å². The fraction of sp³-hybridized carbons (Fsp3) is 0.385. The van der Waals surface area contributed by atoms with E-state index in [2.05, 4.69) is 0 Å². The van der Waals surface area contributed by atoms with Crippen LogP contribution >= 0.6 is 0 Å². The first kappa shape index (κ1) is 13.4. The van der Waals surface area contributed by atoms with E-state index >= 15 is 0 Å². The third-order valence-corrected chi connectivity index (χ3v) is 3.08. The summed E-state index contributed by atoms with van der Waals surface area (Å²) in [5, 5.41) is 9.01. The van der Waals surface area contributed by atoms with E-state index in [-0.39, 0.29) is 25.3 Å². The summed E-state index contributed by atoms with van der Waals surface area (Å²) in [6, 6.07) is 4.98. The lowest BCUT2D eigenvalue weighted by atomic mass is 9.86. The molecule has 1 fully saturated rings. The standard InChI is InChI=1S/C13H12F2N2O2/c1-17(12(18)13(6-16)7-19-8-13)5-9-4-10(14)2-3-11(9)15/h2-4H,5,7-8H2,1H3. The van der Waals surface area contributed by atoms with Crippen LogP contribution in [0.4, 0.5) is 8.78 Å². The van der Waals surface area contributed by atoms with Gasteiger partial charge >= 0.3 is 0 Å². The van der Waals surface area contributed by atoms with Crippen LogP contribution in [0.3, 0.4) is 0 Å². The summed E-state index contributed by atoms with van der Waals surface area (Å²) in [4.78, 5) is 13.3. The van der Waals surface area contributed by atoms with Gasteiger partial charge in [0.05, 0.1) is 19.3 Å². The van der Waals surface area contributed by atoms with Crippen molar-refractivity contribution in [2.45, 2.75) is 6.54 Å². The van der Waals surface area contributed by atoms with Crippen LogP contribution in [0.2, 0.25) is 0 Å². The molecule has 2 rings (SSSR count). The highest BCUT2D eigenvalue weighted by Crippen LogP contribution is 2.29. The van der Waals surface area contributed by atoms with Crippen LogP contribution in [0.5, 0.6) is 0 Å². The second-order valence-electron chi connectivity index (χ2n) is 4.58. The smallest absolute Gasteiger partial charge is 0.247 e. The Labute approximate surface area is 109 Å². The second kappa shape index (κ2) is 4.94. The van der Waals surface area contributed by atoms with Crippen LogP contribution in [0, 0.1) is 28.4 Å². The quantitative estimate of drug-likeness (QED) is 0.832. The van der Waals surface area contributed by atoms with Crippen molar-refractivity contribution < 1.29 is 18.3 Å². The Hall–Kier alpha value is -2.00. The van der Waals surface area contributed by atoms with E-state index in [4.69, 9.17) is 10.00 Å². The van der Waals surface area contributed by atoms with Gasteiger partial charge in [-0.15, -0.1) is 0 Å². The van der Waals surface area contributed by atoms with Gasteiger partial charge in [0.15, 0.2) is 5.41 Å². The lowest BCUT2D eigenvalue weighted by Gasteiger charge is -2.36. The number of carbonyl (C=O) groups is 1. The van der Waals surface area contributed by atoms with Gasteiger partial charge in [0.25, 0.3) is 0 Å². The zero-order chi connectivity index (χ0) is 14.0. The molecule has 0 aliphatic carbocycles. The highest BCUT2D eigenvalue weighted by atomic mass is 19.1. The van der Waals surface area contributed by atoms with Gasteiger partial charge in [0.2, 0.25) is 5.91 Å². The molecule has 0 aromatic heterocycles. The van der Waals surface area contributed by atoms with E-state index in [0.717, 1.165) is 18.2 Å². The molecule has 0 unspecified atom stereocenters. The zero-order valence-corrected chi connectivity index (χ0v) is 10.3. The molecule has 0 spiro atoms. The average molecular weight is 266 g/mol. The van der Waals surface area contributed by atoms with Crippen LogP contribution in [0.25, 0.3) is 0 Å². The van der Waals surface area contributed by atoms with Gasteiger partial charge in [0.1, 0.15) is 11.6 Å². The topological polar surface area (TPSA) is 53.3 Å². The van der Waals surface area contributed by atoms with Crippen molar-refractivity contribution in [1.82, 2.24) is 4.90 Å². The molecule has 0 radical (unpaired) electrons. The van der Waals surface area contributed by atoms with Crippen molar-refractivity contribution >= 4 is 5.91 Å². The number of ether oxygens (including phenoxy) is 1. The fourth-order valence-electron chi connectivity index (χ4n) is 1.90. The average Bonchev–Trinajstić information content (AvgIpc) is 2.33. The van der Waals surface area contributed by atoms with Gasteiger partial charge in [-0.05, 0) is 18.2 Å². The second-order valence-corrected chi connectivity index (χ2v) is 4.58. The number of hydrogen-bond acceptors (Lipinski definition) is 3. The number of amides is 1. The molecule has 0 bridgehead atoms. The van der Waals surface area contributed by atoms with Gasteiger partial charge in [-0.3, -0.25) is 4.79 Å². The lowest BCUT2D eigenvalue weighted by Crippen LogP contribution is -2.53. The highest BCUT2D eigenvalue weighted by molar-refractivity contribution is 5.86. The molecule has 1 saturated heterocycles. The third kappa shape index (κ3) is 2.42. The number of nitrogens with zero attached hydrogens (tertiary/aromatic N) is 2. The van der Waals surface area contributed by atoms with E-state index in [1.165, 1.54) is 11.9 Å². The van der Waals surface area contributed by atoms with E-state index < -0.39 is 23.0 Å². The Bertz CT molecular complexity index is 550. The monoisotopic (exact) mass is 266 g/mol. The van der Waals surface area contributed by atoms with Crippen LogP contribution in [0.1, 0.15) is 5.56 Å². The highest BCUT2D eigenvalue weighted by Gasteiger charge is 2.48. The summed E-state index contributed by atoms with van der Waals surface area (Å²) >= 11 is 0. The Morgan fingerprint density at radius 1 is 1.53 bits per heavy atom. The lowest BCUT2D eigenvalue weighted by molar-refractivity contribution is -0.160. The van der Waals surface area contributed by atoms with Crippen molar-refractivity contribution in [3.8, 4) is 6.07 Å². The summed E-state index contributed by atoms with van der Waals surface area (Å²) in [6.45, 7) is -0.0114. The number of halogens is 2. The molecular formula is C13H12F2N2O2. The van der Waals surface area contributed by atoms with Crippen LogP contribution in [0.15, 0.2) is 18.2 Å². The van der Waals surface area contributed by atoms with Crippen molar-refractivity contribution in [1.29, 1.82) is 5.26 Å². The van der Waals surface area contributed by atoms with Crippen molar-refractivity contribution in [3.63, 3.8) is 0 Å². The first-order valence-corrected chi connectivity index (χ1v) is 5.67. The molecule has 1 aromatic rings. The number of carbonyl (C=O) groups excluding carboxylic acids is 1. The molecule has 0 atom stereocenters.